The number of sulfonamides is 1. The van der Waals surface area contributed by atoms with Crippen molar-refractivity contribution in [2.75, 3.05) is 24.6 Å². The van der Waals surface area contributed by atoms with Crippen molar-refractivity contribution >= 4 is 33.7 Å². The first-order chi connectivity index (χ1) is 21.2. The highest BCUT2D eigenvalue weighted by Gasteiger charge is 2.27. The third-order valence-electron chi connectivity index (χ3n) is 6.59. The molecule has 4 rings (SSSR count). The zero-order chi connectivity index (χ0) is 31.5. The number of rotatable bonds is 13. The van der Waals surface area contributed by atoms with Crippen LogP contribution in [0.3, 0.4) is 0 Å². The van der Waals surface area contributed by atoms with Crippen molar-refractivity contribution in [3.8, 4) is 11.5 Å². The van der Waals surface area contributed by atoms with E-state index in [2.05, 4.69) is 15.8 Å². The molecule has 0 fully saturated rings. The Bertz CT molecular complexity index is 1680. The molecule has 0 aliphatic heterocycles. The monoisotopic (exact) mass is 614 g/mol. The number of amides is 2. The molecule has 4 aromatic rings. The molecule has 1 atom stereocenters. The maximum absolute atomic E-state index is 13.5. The molecule has 4 aromatic carbocycles. The van der Waals surface area contributed by atoms with Crippen molar-refractivity contribution in [1.29, 1.82) is 0 Å². The standard InChI is InChI=1S/C33H34N4O6S/c1-24-9-19-31(20-10-24)44(40,41)37(28-13-17-29(42-3)18-14-28)22-32(38)36-34-21-26-11-15-30(16-12-26)43-23-33(39)35-25(2)27-7-5-4-6-8-27/h4-21,25H,22-23H2,1-3H3,(H,35,39)(H,36,38)/b34-21-/t25-/m1/s1. The maximum atomic E-state index is 13.5. The van der Waals surface area contributed by atoms with Gasteiger partial charge in [0.15, 0.2) is 6.61 Å². The summed E-state index contributed by atoms with van der Waals surface area (Å²) in [7, 11) is -2.55. The zero-order valence-electron chi connectivity index (χ0n) is 24.6. The molecule has 0 bridgehead atoms. The highest BCUT2D eigenvalue weighted by molar-refractivity contribution is 7.92. The van der Waals surface area contributed by atoms with E-state index in [9.17, 15) is 18.0 Å². The summed E-state index contributed by atoms with van der Waals surface area (Å²) in [5, 5.41) is 6.87. The molecule has 0 heterocycles. The summed E-state index contributed by atoms with van der Waals surface area (Å²) in [6.07, 6.45) is 1.42. The van der Waals surface area contributed by atoms with Crippen LogP contribution in [-0.2, 0) is 19.6 Å². The third-order valence-corrected chi connectivity index (χ3v) is 8.37. The van der Waals surface area contributed by atoms with Gasteiger partial charge in [-0.1, -0.05) is 48.0 Å². The first-order valence-corrected chi connectivity index (χ1v) is 15.2. The molecule has 0 aromatic heterocycles. The third kappa shape index (κ3) is 8.68. The van der Waals surface area contributed by atoms with Crippen molar-refractivity contribution in [2.24, 2.45) is 5.10 Å². The predicted octanol–water partition coefficient (Wildman–Crippen LogP) is 4.61. The number of carbonyl (C=O) groups excluding carboxylic acids is 2. The molecular formula is C33H34N4O6S. The first-order valence-electron chi connectivity index (χ1n) is 13.8. The van der Waals surface area contributed by atoms with E-state index in [1.165, 1.54) is 25.5 Å². The van der Waals surface area contributed by atoms with Gasteiger partial charge in [0.2, 0.25) is 0 Å². The summed E-state index contributed by atoms with van der Waals surface area (Å²) in [5.41, 5.74) is 5.24. The van der Waals surface area contributed by atoms with Gasteiger partial charge in [0, 0.05) is 0 Å². The van der Waals surface area contributed by atoms with Gasteiger partial charge in [0.25, 0.3) is 21.8 Å². The van der Waals surface area contributed by atoms with Gasteiger partial charge in [0.1, 0.15) is 18.0 Å². The minimum absolute atomic E-state index is 0.0562. The second-order valence-electron chi connectivity index (χ2n) is 9.87. The Balaban J connectivity index is 1.34. The van der Waals surface area contributed by atoms with Crippen molar-refractivity contribution in [3.05, 3.63) is 120 Å². The van der Waals surface area contributed by atoms with Gasteiger partial charge in [-0.15, -0.1) is 0 Å². The quantitative estimate of drug-likeness (QED) is 0.167. The number of carbonyl (C=O) groups is 2. The number of anilines is 1. The SMILES string of the molecule is COc1ccc(N(CC(=O)N/N=C\c2ccc(OCC(=O)N[C@H](C)c3ccccc3)cc2)S(=O)(=O)c2ccc(C)cc2)cc1. The van der Waals surface area contributed by atoms with E-state index in [4.69, 9.17) is 9.47 Å². The predicted molar refractivity (Wildman–Crippen MR) is 169 cm³/mol. The fourth-order valence-electron chi connectivity index (χ4n) is 4.15. The average molecular weight is 615 g/mol. The van der Waals surface area contributed by atoms with Crippen LogP contribution in [0.2, 0.25) is 0 Å². The van der Waals surface area contributed by atoms with Crippen LogP contribution in [0.1, 0.15) is 29.7 Å². The second kappa shape index (κ2) is 14.8. The highest BCUT2D eigenvalue weighted by Crippen LogP contribution is 2.26. The molecule has 0 aliphatic rings. The van der Waals surface area contributed by atoms with Gasteiger partial charge in [-0.05, 0) is 85.6 Å². The summed E-state index contributed by atoms with van der Waals surface area (Å²) < 4.78 is 38.8. The molecular weight excluding hydrogens is 580 g/mol. The number of hydrogen-bond acceptors (Lipinski definition) is 7. The summed E-state index contributed by atoms with van der Waals surface area (Å²) in [5.74, 6) is 0.157. The van der Waals surface area contributed by atoms with Crippen molar-refractivity contribution in [3.63, 3.8) is 0 Å². The summed E-state index contributed by atoms with van der Waals surface area (Å²) in [6.45, 7) is 3.12. The van der Waals surface area contributed by atoms with E-state index >= 15 is 0 Å². The largest absolute Gasteiger partial charge is 0.497 e. The van der Waals surface area contributed by atoms with Gasteiger partial charge >= 0.3 is 0 Å². The van der Waals surface area contributed by atoms with Gasteiger partial charge < -0.3 is 14.8 Å². The smallest absolute Gasteiger partial charge is 0.264 e. The minimum atomic E-state index is -4.06. The van der Waals surface area contributed by atoms with Crippen molar-refractivity contribution in [2.45, 2.75) is 24.8 Å². The summed E-state index contributed by atoms with van der Waals surface area (Å²) >= 11 is 0. The van der Waals surface area contributed by atoms with Gasteiger partial charge in [-0.3, -0.25) is 13.9 Å². The van der Waals surface area contributed by atoms with Gasteiger partial charge in [-0.2, -0.15) is 5.10 Å². The molecule has 11 heteroatoms. The molecule has 0 saturated heterocycles. The second-order valence-corrected chi connectivity index (χ2v) is 11.7. The number of hydrogen-bond donors (Lipinski definition) is 2. The lowest BCUT2D eigenvalue weighted by Gasteiger charge is -2.24. The van der Waals surface area contributed by atoms with Crippen LogP contribution in [-0.4, -0.2) is 46.7 Å². The van der Waals surface area contributed by atoms with Crippen LogP contribution in [0.5, 0.6) is 11.5 Å². The normalized spacial score (nSPS) is 11.9. The first kappa shape index (κ1) is 31.8. The fraction of sp³-hybridized carbons (Fsp3) is 0.182. The maximum Gasteiger partial charge on any atom is 0.264 e. The summed E-state index contributed by atoms with van der Waals surface area (Å²) in [6, 6.07) is 29.0. The number of benzene rings is 4. The lowest BCUT2D eigenvalue weighted by atomic mass is 10.1. The zero-order valence-corrected chi connectivity index (χ0v) is 25.5. The minimum Gasteiger partial charge on any atom is -0.497 e. The van der Waals surface area contributed by atoms with Crippen LogP contribution in [0.25, 0.3) is 0 Å². The Morgan fingerprint density at radius 2 is 1.50 bits per heavy atom. The Morgan fingerprint density at radius 3 is 2.14 bits per heavy atom. The molecule has 0 spiro atoms. The van der Waals surface area contributed by atoms with Crippen LogP contribution in [0.15, 0.2) is 113 Å². The number of hydrazone groups is 1. The molecule has 0 unspecified atom stereocenters. The topological polar surface area (TPSA) is 126 Å². The molecule has 2 N–H and O–H groups in total. The van der Waals surface area contributed by atoms with Crippen LogP contribution >= 0.6 is 0 Å². The van der Waals surface area contributed by atoms with E-state index in [0.29, 0.717) is 22.7 Å². The lowest BCUT2D eigenvalue weighted by Crippen LogP contribution is -2.39. The number of nitrogens with zero attached hydrogens (tertiary/aromatic N) is 2. The Labute approximate surface area is 257 Å². The van der Waals surface area contributed by atoms with E-state index in [0.717, 1.165) is 15.4 Å². The van der Waals surface area contributed by atoms with Gasteiger partial charge in [-0.25, -0.2) is 13.8 Å². The highest BCUT2D eigenvalue weighted by atomic mass is 32.2. The van der Waals surface area contributed by atoms with E-state index in [1.807, 2.05) is 44.2 Å². The molecule has 228 valence electrons. The Hall–Kier alpha value is -5.16. The lowest BCUT2D eigenvalue weighted by molar-refractivity contribution is -0.123. The number of aryl methyl sites for hydroxylation is 1. The molecule has 2 amide bonds. The average Bonchev–Trinajstić information content (AvgIpc) is 3.04. The molecule has 0 radical (unpaired) electrons. The Kier molecular flexibility index (Phi) is 10.7. The Morgan fingerprint density at radius 1 is 0.864 bits per heavy atom. The van der Waals surface area contributed by atoms with Crippen molar-refractivity contribution in [1.82, 2.24) is 10.7 Å². The van der Waals surface area contributed by atoms with Crippen LogP contribution in [0.4, 0.5) is 5.69 Å². The van der Waals surface area contributed by atoms with E-state index < -0.39 is 22.5 Å². The van der Waals surface area contributed by atoms with E-state index in [1.54, 1.807) is 60.7 Å². The van der Waals surface area contributed by atoms with Gasteiger partial charge in [0.05, 0.1) is 29.9 Å². The van der Waals surface area contributed by atoms with Crippen molar-refractivity contribution < 1.29 is 27.5 Å². The number of ether oxygens (including phenoxy) is 2. The fourth-order valence-corrected chi connectivity index (χ4v) is 5.57. The summed E-state index contributed by atoms with van der Waals surface area (Å²) in [4.78, 5) is 25.2. The molecule has 44 heavy (non-hydrogen) atoms. The molecule has 0 aliphatic carbocycles. The van der Waals surface area contributed by atoms with Crippen LogP contribution in [0, 0.1) is 6.92 Å². The van der Waals surface area contributed by atoms with Crippen LogP contribution < -0.4 is 24.5 Å². The number of nitrogens with one attached hydrogen (secondary N) is 2. The molecule has 0 saturated carbocycles. The van der Waals surface area contributed by atoms with E-state index in [-0.39, 0.29) is 23.5 Å². The number of methoxy groups -OCH3 is 1. The molecule has 10 nitrogen and oxygen atoms in total.